The van der Waals surface area contributed by atoms with Crippen LogP contribution in [0.15, 0.2) is 71.7 Å². The van der Waals surface area contributed by atoms with Crippen LogP contribution in [0.3, 0.4) is 0 Å². The Morgan fingerprint density at radius 2 is 1.53 bits per heavy atom. The highest BCUT2D eigenvalue weighted by Gasteiger charge is 2.60. The van der Waals surface area contributed by atoms with Gasteiger partial charge in [-0.1, -0.05) is 53.5 Å². The zero-order chi connectivity index (χ0) is 34.1. The number of hydrogen-bond donors (Lipinski definition) is 1. The summed E-state index contributed by atoms with van der Waals surface area (Å²) in [4.78, 5) is 37.6. The predicted octanol–water partition coefficient (Wildman–Crippen LogP) is 6.31. The normalized spacial score (nSPS) is 21.7. The van der Waals surface area contributed by atoms with Crippen molar-refractivity contribution in [2.45, 2.75) is 51.1 Å². The standard InChI is InChI=1S/C36H40Cl2N6O3/c1-6-47-30-21-26(34(2,3)23-39)11-16-29(30)32-41-35(4,24-7-12-27(37)13-8-24)36(5,25-9-14-28(38)15-10-25)44(32)33(46)43-19-17-42(18-20-43)22-31(40)45/h7-16,21H,6,17-20,22H2,1-5H3,(H2,40,45)/t35-,36+/m0/s1. The minimum Gasteiger partial charge on any atom is -0.493 e. The number of rotatable bonds is 8. The van der Waals surface area contributed by atoms with Crippen LogP contribution in [-0.4, -0.2) is 71.8 Å². The fourth-order valence-corrected chi connectivity index (χ4v) is 6.71. The molecule has 0 aliphatic carbocycles. The van der Waals surface area contributed by atoms with E-state index in [1.165, 1.54) is 0 Å². The van der Waals surface area contributed by atoms with E-state index >= 15 is 4.79 Å². The largest absolute Gasteiger partial charge is 0.493 e. The van der Waals surface area contributed by atoms with E-state index in [0.29, 0.717) is 60.0 Å². The Balaban J connectivity index is 1.74. The highest BCUT2D eigenvalue weighted by molar-refractivity contribution is 6.30. The number of nitrogens with two attached hydrogens (primary N) is 1. The Morgan fingerprint density at radius 3 is 2.06 bits per heavy atom. The molecule has 3 aromatic rings. The van der Waals surface area contributed by atoms with E-state index in [-0.39, 0.29) is 12.6 Å². The lowest BCUT2D eigenvalue weighted by Crippen LogP contribution is -2.61. The van der Waals surface area contributed by atoms with Gasteiger partial charge in [-0.25, -0.2) is 4.79 Å². The molecule has 3 amide bonds. The zero-order valence-corrected chi connectivity index (χ0v) is 28.9. The van der Waals surface area contributed by atoms with Gasteiger partial charge < -0.3 is 15.4 Å². The first kappa shape index (κ1) is 34.2. The van der Waals surface area contributed by atoms with Crippen molar-refractivity contribution < 1.29 is 14.3 Å². The third-order valence-electron chi connectivity index (χ3n) is 9.49. The fraction of sp³-hybridized carbons (Fsp3) is 0.389. The van der Waals surface area contributed by atoms with Crippen LogP contribution in [0.1, 0.15) is 56.9 Å². The number of amidine groups is 1. The van der Waals surface area contributed by atoms with Gasteiger partial charge in [-0.2, -0.15) is 5.26 Å². The molecule has 246 valence electrons. The Morgan fingerprint density at radius 1 is 0.957 bits per heavy atom. The molecular formula is C36H40Cl2N6O3. The summed E-state index contributed by atoms with van der Waals surface area (Å²) >= 11 is 12.7. The maximum absolute atomic E-state index is 15.0. The van der Waals surface area contributed by atoms with E-state index in [2.05, 4.69) is 6.07 Å². The summed E-state index contributed by atoms with van der Waals surface area (Å²) in [6.07, 6.45) is 0. The highest BCUT2D eigenvalue weighted by atomic mass is 35.5. The van der Waals surface area contributed by atoms with Crippen LogP contribution < -0.4 is 10.5 Å². The Bertz CT molecular complexity index is 1730. The Hall–Kier alpha value is -4.10. The third-order valence-corrected chi connectivity index (χ3v) is 9.99. The lowest BCUT2D eigenvalue weighted by molar-refractivity contribution is -0.119. The summed E-state index contributed by atoms with van der Waals surface area (Å²) < 4.78 is 6.21. The van der Waals surface area contributed by atoms with Crippen molar-refractivity contribution in [3.05, 3.63) is 99.0 Å². The van der Waals surface area contributed by atoms with Crippen LogP contribution in [0.5, 0.6) is 5.75 Å². The molecule has 0 aromatic heterocycles. The van der Waals surface area contributed by atoms with E-state index in [0.717, 1.165) is 16.7 Å². The molecule has 2 heterocycles. The molecule has 0 bridgehead atoms. The summed E-state index contributed by atoms with van der Waals surface area (Å²) in [5.41, 5.74) is 5.74. The molecule has 5 rings (SSSR count). The minimum atomic E-state index is -1.06. The topological polar surface area (TPSA) is 115 Å². The van der Waals surface area contributed by atoms with E-state index < -0.39 is 22.4 Å². The second-order valence-corrected chi connectivity index (χ2v) is 13.7. The maximum atomic E-state index is 15.0. The third kappa shape index (κ3) is 6.30. The first-order valence-corrected chi connectivity index (χ1v) is 16.4. The maximum Gasteiger partial charge on any atom is 0.326 e. The van der Waals surface area contributed by atoms with Crippen LogP contribution in [-0.2, 0) is 21.3 Å². The molecule has 47 heavy (non-hydrogen) atoms. The number of urea groups is 1. The molecule has 0 spiro atoms. The molecule has 0 radical (unpaired) electrons. The van der Waals surface area contributed by atoms with Gasteiger partial charge in [0.25, 0.3) is 0 Å². The highest BCUT2D eigenvalue weighted by Crippen LogP contribution is 2.54. The molecule has 2 atom stereocenters. The number of carbonyl (C=O) groups excluding carboxylic acids is 2. The molecule has 2 aliphatic heterocycles. The molecule has 2 N–H and O–H groups in total. The monoisotopic (exact) mass is 674 g/mol. The zero-order valence-electron chi connectivity index (χ0n) is 27.4. The molecule has 2 aliphatic rings. The van der Waals surface area contributed by atoms with Crippen molar-refractivity contribution >= 4 is 41.0 Å². The molecule has 9 nitrogen and oxygen atoms in total. The van der Waals surface area contributed by atoms with Gasteiger partial charge in [0.1, 0.15) is 22.7 Å². The van der Waals surface area contributed by atoms with Gasteiger partial charge in [-0.15, -0.1) is 0 Å². The van der Waals surface area contributed by atoms with Crippen molar-refractivity contribution in [1.82, 2.24) is 14.7 Å². The van der Waals surface area contributed by atoms with Gasteiger partial charge in [0.15, 0.2) is 0 Å². The molecule has 0 unspecified atom stereocenters. The quantitative estimate of drug-likeness (QED) is 0.301. The number of hydrogen-bond acceptors (Lipinski definition) is 6. The molecule has 3 aromatic carbocycles. The van der Waals surface area contributed by atoms with E-state index in [1.807, 2.05) is 106 Å². The van der Waals surface area contributed by atoms with Gasteiger partial charge in [0, 0.05) is 36.2 Å². The van der Waals surface area contributed by atoms with Crippen molar-refractivity contribution in [3.8, 4) is 11.8 Å². The number of amides is 3. The number of nitrogens with zero attached hydrogens (tertiary/aromatic N) is 5. The predicted molar refractivity (Wildman–Crippen MR) is 185 cm³/mol. The number of piperazine rings is 1. The van der Waals surface area contributed by atoms with Crippen LogP contribution in [0.4, 0.5) is 4.79 Å². The molecule has 1 saturated heterocycles. The summed E-state index contributed by atoms with van der Waals surface area (Å²) in [7, 11) is 0. The smallest absolute Gasteiger partial charge is 0.326 e. The SMILES string of the molecule is CCOc1cc(C(C)(C)C#N)ccc1C1=N[C@@](C)(c2ccc(Cl)cc2)[C@@](C)(c2ccc(Cl)cc2)N1C(=O)N1CCN(CC(N)=O)CC1. The van der Waals surface area contributed by atoms with Crippen LogP contribution in [0.2, 0.25) is 10.0 Å². The molecular weight excluding hydrogens is 635 g/mol. The lowest BCUT2D eigenvalue weighted by Gasteiger charge is -2.47. The number of carbonyl (C=O) groups is 2. The second kappa shape index (κ2) is 13.2. The van der Waals surface area contributed by atoms with Gasteiger partial charge in [0.2, 0.25) is 5.91 Å². The summed E-state index contributed by atoms with van der Waals surface area (Å²) in [5, 5.41) is 11.0. The fourth-order valence-electron chi connectivity index (χ4n) is 6.46. The number of primary amides is 1. The van der Waals surface area contributed by atoms with Gasteiger partial charge in [-0.3, -0.25) is 19.6 Å². The van der Waals surface area contributed by atoms with Gasteiger partial charge >= 0.3 is 6.03 Å². The van der Waals surface area contributed by atoms with Gasteiger partial charge in [0.05, 0.1) is 30.2 Å². The minimum absolute atomic E-state index is 0.138. The second-order valence-electron chi connectivity index (χ2n) is 12.8. The van der Waals surface area contributed by atoms with Crippen LogP contribution in [0, 0.1) is 11.3 Å². The number of ether oxygens (including phenoxy) is 1. The Kier molecular flexibility index (Phi) is 9.61. The lowest BCUT2D eigenvalue weighted by atomic mass is 9.71. The summed E-state index contributed by atoms with van der Waals surface area (Å²) in [6, 6.07) is 22.8. The van der Waals surface area contributed by atoms with Crippen LogP contribution in [0.25, 0.3) is 0 Å². The van der Waals surface area contributed by atoms with Gasteiger partial charge in [-0.05, 0) is 87.7 Å². The first-order valence-electron chi connectivity index (χ1n) is 15.7. The number of halogens is 2. The van der Waals surface area contributed by atoms with E-state index in [4.69, 9.17) is 38.7 Å². The Labute approximate surface area is 286 Å². The van der Waals surface area contributed by atoms with Crippen LogP contribution >= 0.6 is 23.2 Å². The number of aliphatic imine (C=N–C) groups is 1. The van der Waals surface area contributed by atoms with Crippen molar-refractivity contribution in [2.24, 2.45) is 10.7 Å². The van der Waals surface area contributed by atoms with Crippen molar-refractivity contribution in [2.75, 3.05) is 39.3 Å². The first-order chi connectivity index (χ1) is 22.2. The molecule has 11 heteroatoms. The van der Waals surface area contributed by atoms with E-state index in [9.17, 15) is 10.1 Å². The average Bonchev–Trinajstić information content (AvgIpc) is 3.29. The molecule has 1 fully saturated rings. The molecule has 0 saturated carbocycles. The van der Waals surface area contributed by atoms with Crippen molar-refractivity contribution in [1.29, 1.82) is 5.26 Å². The van der Waals surface area contributed by atoms with E-state index in [1.54, 1.807) is 9.80 Å². The summed E-state index contributed by atoms with van der Waals surface area (Å²) in [6.45, 7) is 12.0. The number of benzene rings is 3. The average molecular weight is 676 g/mol. The van der Waals surface area contributed by atoms with Crippen molar-refractivity contribution in [3.63, 3.8) is 0 Å². The number of nitriles is 1. The summed E-state index contributed by atoms with van der Waals surface area (Å²) in [5.74, 6) is 0.559.